The summed E-state index contributed by atoms with van der Waals surface area (Å²) in [5.41, 5.74) is -0.128. The standard InChI is InChI=1S/C13H9BrN4O5S/c1-17-5-7(18(20)21)4-8(17)13(19)22-6-11-15-16-12(23-11)9-2-3-10(14)24-9/h2-5H,6H2,1H3. The summed E-state index contributed by atoms with van der Waals surface area (Å²) in [7, 11) is 1.52. The monoisotopic (exact) mass is 412 g/mol. The van der Waals surface area contributed by atoms with Crippen LogP contribution in [0.3, 0.4) is 0 Å². The van der Waals surface area contributed by atoms with Crippen molar-refractivity contribution in [3.63, 3.8) is 0 Å². The van der Waals surface area contributed by atoms with E-state index in [2.05, 4.69) is 26.1 Å². The van der Waals surface area contributed by atoms with Crippen LogP contribution in [0.25, 0.3) is 10.8 Å². The highest BCUT2D eigenvalue weighted by atomic mass is 79.9. The number of esters is 1. The molecule has 0 aliphatic carbocycles. The lowest BCUT2D eigenvalue weighted by molar-refractivity contribution is -0.384. The molecule has 3 rings (SSSR count). The molecule has 0 spiro atoms. The first kappa shape index (κ1) is 16.3. The molecule has 124 valence electrons. The molecule has 0 bridgehead atoms. The Morgan fingerprint density at radius 2 is 2.29 bits per heavy atom. The van der Waals surface area contributed by atoms with Crippen molar-refractivity contribution in [1.82, 2.24) is 14.8 Å². The lowest BCUT2D eigenvalue weighted by Crippen LogP contribution is -2.09. The van der Waals surface area contributed by atoms with Crippen molar-refractivity contribution >= 4 is 38.9 Å². The van der Waals surface area contributed by atoms with E-state index < -0.39 is 10.9 Å². The highest BCUT2D eigenvalue weighted by Crippen LogP contribution is 2.30. The molecule has 24 heavy (non-hydrogen) atoms. The van der Waals surface area contributed by atoms with Crippen LogP contribution in [0.4, 0.5) is 5.69 Å². The Labute approximate surface area is 147 Å². The van der Waals surface area contributed by atoms with Gasteiger partial charge in [-0.05, 0) is 28.1 Å². The third-order valence-corrected chi connectivity index (χ3v) is 4.60. The largest absolute Gasteiger partial charge is 0.451 e. The van der Waals surface area contributed by atoms with Gasteiger partial charge in [-0.1, -0.05) is 0 Å². The Morgan fingerprint density at radius 3 is 2.92 bits per heavy atom. The zero-order chi connectivity index (χ0) is 17.3. The summed E-state index contributed by atoms with van der Waals surface area (Å²) in [6.45, 7) is -0.225. The Morgan fingerprint density at radius 1 is 1.50 bits per heavy atom. The lowest BCUT2D eigenvalue weighted by Gasteiger charge is -2.02. The maximum Gasteiger partial charge on any atom is 0.355 e. The number of hydrogen-bond acceptors (Lipinski definition) is 8. The number of nitrogens with zero attached hydrogens (tertiary/aromatic N) is 4. The molecule has 0 unspecified atom stereocenters. The molecule has 0 amide bonds. The van der Waals surface area contributed by atoms with E-state index in [-0.39, 0.29) is 23.9 Å². The fourth-order valence-corrected chi connectivity index (χ4v) is 3.20. The predicted molar refractivity (Wildman–Crippen MR) is 86.5 cm³/mol. The zero-order valence-corrected chi connectivity index (χ0v) is 14.5. The number of nitro groups is 1. The fraction of sp³-hybridized carbons (Fsp3) is 0.154. The predicted octanol–water partition coefficient (Wildman–Crippen LogP) is 3.16. The van der Waals surface area contributed by atoms with Gasteiger partial charge in [-0.25, -0.2) is 4.79 Å². The van der Waals surface area contributed by atoms with Gasteiger partial charge in [-0.15, -0.1) is 21.5 Å². The molecule has 0 radical (unpaired) electrons. The number of aromatic nitrogens is 3. The first-order chi connectivity index (χ1) is 11.4. The molecule has 3 aromatic heterocycles. The molecular formula is C13H9BrN4O5S. The van der Waals surface area contributed by atoms with Gasteiger partial charge in [0.15, 0.2) is 6.61 Å². The van der Waals surface area contributed by atoms with Gasteiger partial charge in [0.25, 0.3) is 17.5 Å². The average molecular weight is 413 g/mol. The van der Waals surface area contributed by atoms with Gasteiger partial charge in [0.05, 0.1) is 19.8 Å². The number of carbonyl (C=O) groups is 1. The summed E-state index contributed by atoms with van der Waals surface area (Å²) >= 11 is 4.77. The second-order valence-corrected chi connectivity index (χ2v) is 7.10. The molecule has 0 aromatic carbocycles. The van der Waals surface area contributed by atoms with E-state index in [1.54, 1.807) is 0 Å². The Hall–Kier alpha value is -2.53. The van der Waals surface area contributed by atoms with Crippen LogP contribution in [-0.2, 0) is 18.4 Å². The van der Waals surface area contributed by atoms with E-state index in [0.29, 0.717) is 5.89 Å². The number of rotatable bonds is 5. The fourth-order valence-electron chi connectivity index (χ4n) is 1.89. The van der Waals surface area contributed by atoms with Crippen LogP contribution >= 0.6 is 27.3 Å². The van der Waals surface area contributed by atoms with Crippen LogP contribution in [0.1, 0.15) is 16.4 Å². The van der Waals surface area contributed by atoms with E-state index in [9.17, 15) is 14.9 Å². The summed E-state index contributed by atoms with van der Waals surface area (Å²) in [4.78, 5) is 22.9. The molecule has 0 fully saturated rings. The second kappa shape index (κ2) is 6.53. The van der Waals surface area contributed by atoms with Crippen molar-refractivity contribution in [3.05, 3.63) is 49.9 Å². The topological polar surface area (TPSA) is 113 Å². The second-order valence-electron chi connectivity index (χ2n) is 4.63. The molecule has 0 saturated carbocycles. The minimum Gasteiger partial charge on any atom is -0.451 e. The normalized spacial score (nSPS) is 10.8. The molecule has 0 aliphatic rings. The van der Waals surface area contributed by atoms with Crippen LogP contribution in [0, 0.1) is 10.1 Å². The molecule has 3 heterocycles. The lowest BCUT2D eigenvalue weighted by atomic mass is 10.4. The molecule has 0 saturated heterocycles. The van der Waals surface area contributed by atoms with Gasteiger partial charge in [0.2, 0.25) is 0 Å². The number of hydrogen-bond donors (Lipinski definition) is 0. The maximum atomic E-state index is 12.0. The van der Waals surface area contributed by atoms with Crippen molar-refractivity contribution in [2.45, 2.75) is 6.61 Å². The first-order valence-corrected chi connectivity index (χ1v) is 8.11. The third kappa shape index (κ3) is 3.36. The van der Waals surface area contributed by atoms with Crippen LogP contribution in [0.15, 0.2) is 32.6 Å². The summed E-state index contributed by atoms with van der Waals surface area (Å²) in [5.74, 6) is -0.262. The minimum atomic E-state index is -0.718. The number of carbonyl (C=O) groups excluding carboxylic acids is 1. The highest BCUT2D eigenvalue weighted by Gasteiger charge is 2.20. The molecule has 11 heteroatoms. The zero-order valence-electron chi connectivity index (χ0n) is 12.1. The van der Waals surface area contributed by atoms with Crippen molar-refractivity contribution in [1.29, 1.82) is 0 Å². The smallest absolute Gasteiger partial charge is 0.355 e. The quantitative estimate of drug-likeness (QED) is 0.359. The number of ether oxygens (including phenoxy) is 1. The number of halogens is 1. The van der Waals surface area contributed by atoms with Crippen molar-refractivity contribution < 1.29 is 18.9 Å². The molecule has 0 aliphatic heterocycles. The van der Waals surface area contributed by atoms with Crippen LogP contribution in [-0.4, -0.2) is 25.7 Å². The summed E-state index contributed by atoms with van der Waals surface area (Å²) in [6, 6.07) is 4.82. The average Bonchev–Trinajstić information content (AvgIpc) is 3.24. The van der Waals surface area contributed by atoms with Gasteiger partial charge in [0, 0.05) is 13.1 Å². The Bertz CT molecular complexity index is 915. The van der Waals surface area contributed by atoms with Gasteiger partial charge in [-0.2, -0.15) is 0 Å². The molecule has 9 nitrogen and oxygen atoms in total. The SMILES string of the molecule is Cn1cc([N+](=O)[O-])cc1C(=O)OCc1nnc(-c2ccc(Br)s2)o1. The molecule has 0 N–H and O–H groups in total. The van der Waals surface area contributed by atoms with Crippen molar-refractivity contribution in [2.24, 2.45) is 7.05 Å². The molecule has 0 atom stereocenters. The van der Waals surface area contributed by atoms with Crippen LogP contribution < -0.4 is 0 Å². The van der Waals surface area contributed by atoms with Gasteiger partial charge >= 0.3 is 5.97 Å². The van der Waals surface area contributed by atoms with E-state index >= 15 is 0 Å². The van der Waals surface area contributed by atoms with E-state index in [4.69, 9.17) is 9.15 Å². The maximum absolute atomic E-state index is 12.0. The molecule has 3 aromatic rings. The van der Waals surface area contributed by atoms with Gasteiger partial charge < -0.3 is 13.7 Å². The van der Waals surface area contributed by atoms with Crippen molar-refractivity contribution in [2.75, 3.05) is 0 Å². The van der Waals surface area contributed by atoms with Crippen LogP contribution in [0.5, 0.6) is 0 Å². The third-order valence-electron chi connectivity index (χ3n) is 2.99. The Kier molecular flexibility index (Phi) is 4.44. The highest BCUT2D eigenvalue weighted by molar-refractivity contribution is 9.11. The summed E-state index contributed by atoms with van der Waals surface area (Å²) in [5, 5.41) is 18.4. The number of thiophene rings is 1. The summed E-state index contributed by atoms with van der Waals surface area (Å²) in [6.07, 6.45) is 1.23. The molecular weight excluding hydrogens is 404 g/mol. The van der Waals surface area contributed by atoms with E-state index in [0.717, 1.165) is 14.7 Å². The van der Waals surface area contributed by atoms with Crippen molar-refractivity contribution in [3.8, 4) is 10.8 Å². The summed E-state index contributed by atoms with van der Waals surface area (Å²) < 4.78 is 12.7. The van der Waals surface area contributed by atoms with Gasteiger partial charge in [-0.3, -0.25) is 10.1 Å². The van der Waals surface area contributed by atoms with Gasteiger partial charge in [0.1, 0.15) is 5.69 Å². The van der Waals surface area contributed by atoms with Crippen LogP contribution in [0.2, 0.25) is 0 Å². The number of aryl methyl sites for hydroxylation is 1. The first-order valence-electron chi connectivity index (χ1n) is 6.50. The Balaban J connectivity index is 1.66. The van der Waals surface area contributed by atoms with E-state index in [1.807, 2.05) is 12.1 Å². The minimum absolute atomic E-state index is 0.0589. The van der Waals surface area contributed by atoms with E-state index in [1.165, 1.54) is 29.1 Å².